The summed E-state index contributed by atoms with van der Waals surface area (Å²) >= 11 is 9.59. The van der Waals surface area contributed by atoms with E-state index in [4.69, 9.17) is 11.6 Å². The van der Waals surface area contributed by atoms with Crippen LogP contribution in [0.3, 0.4) is 0 Å². The van der Waals surface area contributed by atoms with Gasteiger partial charge in [-0.3, -0.25) is 4.98 Å². The van der Waals surface area contributed by atoms with Crippen molar-refractivity contribution in [3.05, 3.63) is 63.3 Å². The highest BCUT2D eigenvalue weighted by Crippen LogP contribution is 2.28. The normalized spacial score (nSPS) is 12.4. The second-order valence-corrected chi connectivity index (χ2v) is 5.63. The van der Waals surface area contributed by atoms with E-state index in [-0.39, 0.29) is 6.04 Å². The van der Waals surface area contributed by atoms with Crippen LogP contribution < -0.4 is 5.32 Å². The molecule has 1 aromatic carbocycles. The van der Waals surface area contributed by atoms with E-state index in [1.54, 1.807) is 6.20 Å². The van der Waals surface area contributed by atoms with Crippen molar-refractivity contribution in [2.24, 2.45) is 0 Å². The fourth-order valence-corrected chi connectivity index (χ4v) is 3.04. The lowest BCUT2D eigenvalue weighted by Crippen LogP contribution is -2.23. The largest absolute Gasteiger partial charge is 0.310 e. The highest BCUT2D eigenvalue weighted by Gasteiger charge is 2.14. The molecule has 1 atom stereocenters. The molecular weight excluding hydrogens is 324 g/mol. The first kappa shape index (κ1) is 14.5. The van der Waals surface area contributed by atoms with Gasteiger partial charge in [0.2, 0.25) is 0 Å². The van der Waals surface area contributed by atoms with Crippen LogP contribution in [0.15, 0.2) is 47.2 Å². The van der Waals surface area contributed by atoms with Crippen molar-refractivity contribution in [1.29, 1.82) is 0 Å². The fourth-order valence-electron chi connectivity index (χ4n) is 2.08. The molecule has 0 radical (unpaired) electrons. The Kier molecular flexibility index (Phi) is 5.37. The topological polar surface area (TPSA) is 24.9 Å². The average Bonchev–Trinajstić information content (AvgIpc) is 2.39. The zero-order chi connectivity index (χ0) is 13.7. The van der Waals surface area contributed by atoms with Crippen molar-refractivity contribution >= 4 is 27.5 Å². The van der Waals surface area contributed by atoms with Crippen LogP contribution in [-0.4, -0.2) is 11.5 Å². The molecule has 0 fully saturated rings. The predicted molar refractivity (Wildman–Crippen MR) is 83.5 cm³/mol. The lowest BCUT2D eigenvalue weighted by atomic mass is 10.00. The monoisotopic (exact) mass is 338 g/mol. The van der Waals surface area contributed by atoms with Crippen molar-refractivity contribution in [3.8, 4) is 0 Å². The van der Waals surface area contributed by atoms with Crippen LogP contribution in [0, 0.1) is 0 Å². The molecule has 1 heterocycles. The number of nitrogens with one attached hydrogen (secondary N) is 1. The molecule has 1 unspecified atom stereocenters. The molecule has 2 nitrogen and oxygen atoms in total. The molecule has 0 aliphatic heterocycles. The van der Waals surface area contributed by atoms with Gasteiger partial charge in [0.1, 0.15) is 0 Å². The van der Waals surface area contributed by atoms with Gasteiger partial charge in [0.05, 0.1) is 0 Å². The third-order valence-electron chi connectivity index (χ3n) is 2.95. The van der Waals surface area contributed by atoms with E-state index in [2.05, 4.69) is 45.3 Å². The van der Waals surface area contributed by atoms with Gasteiger partial charge < -0.3 is 5.32 Å². The SMILES string of the molecule is CCNC(Cc1cccnc1)c1ccc(Cl)cc1Br. The number of rotatable bonds is 5. The molecule has 0 saturated heterocycles. The summed E-state index contributed by atoms with van der Waals surface area (Å²) in [6.45, 7) is 3.03. The van der Waals surface area contributed by atoms with Crippen molar-refractivity contribution in [3.63, 3.8) is 0 Å². The number of aromatic nitrogens is 1. The molecule has 0 aliphatic carbocycles. The second-order valence-electron chi connectivity index (χ2n) is 4.34. The van der Waals surface area contributed by atoms with Gasteiger partial charge in [0, 0.05) is 27.9 Å². The second kappa shape index (κ2) is 7.04. The number of halogens is 2. The van der Waals surface area contributed by atoms with Gasteiger partial charge in [-0.15, -0.1) is 0 Å². The summed E-state index contributed by atoms with van der Waals surface area (Å²) in [6.07, 6.45) is 4.61. The number of benzene rings is 1. The van der Waals surface area contributed by atoms with Gasteiger partial charge in [-0.1, -0.05) is 46.6 Å². The molecule has 1 aromatic heterocycles. The van der Waals surface area contributed by atoms with Gasteiger partial charge in [-0.2, -0.15) is 0 Å². The number of hydrogen-bond acceptors (Lipinski definition) is 2. The summed E-state index contributed by atoms with van der Waals surface area (Å²) in [7, 11) is 0. The Bertz CT molecular complexity index is 531. The molecule has 1 N–H and O–H groups in total. The van der Waals surface area contributed by atoms with Crippen molar-refractivity contribution < 1.29 is 0 Å². The number of nitrogens with zero attached hydrogens (tertiary/aromatic N) is 1. The van der Waals surface area contributed by atoms with Crippen LogP contribution in [0.5, 0.6) is 0 Å². The van der Waals surface area contributed by atoms with Crippen molar-refractivity contribution in [2.45, 2.75) is 19.4 Å². The van der Waals surface area contributed by atoms with Crippen LogP contribution in [0.1, 0.15) is 24.1 Å². The van der Waals surface area contributed by atoms with Crippen molar-refractivity contribution in [1.82, 2.24) is 10.3 Å². The van der Waals surface area contributed by atoms with Gasteiger partial charge in [0.25, 0.3) is 0 Å². The highest BCUT2D eigenvalue weighted by molar-refractivity contribution is 9.10. The van der Waals surface area contributed by atoms with Crippen LogP contribution in [0.2, 0.25) is 5.02 Å². The van der Waals surface area contributed by atoms with Crippen LogP contribution in [0.4, 0.5) is 0 Å². The van der Waals surface area contributed by atoms with E-state index in [0.717, 1.165) is 22.5 Å². The van der Waals surface area contributed by atoms with E-state index < -0.39 is 0 Å². The van der Waals surface area contributed by atoms with Crippen LogP contribution >= 0.6 is 27.5 Å². The molecule has 0 bridgehead atoms. The maximum Gasteiger partial charge on any atom is 0.0417 e. The molecule has 0 aliphatic rings. The lowest BCUT2D eigenvalue weighted by molar-refractivity contribution is 0.547. The van der Waals surface area contributed by atoms with E-state index in [1.165, 1.54) is 11.1 Å². The highest BCUT2D eigenvalue weighted by atomic mass is 79.9. The molecule has 19 heavy (non-hydrogen) atoms. The summed E-state index contributed by atoms with van der Waals surface area (Å²) in [5, 5.41) is 4.25. The molecule has 4 heteroatoms. The number of likely N-dealkylation sites (N-methyl/N-ethyl adjacent to an activating group) is 1. The summed E-state index contributed by atoms with van der Waals surface area (Å²) < 4.78 is 1.04. The summed E-state index contributed by atoms with van der Waals surface area (Å²) in [6, 6.07) is 10.2. The first-order valence-electron chi connectivity index (χ1n) is 6.28. The molecule has 0 spiro atoms. The third-order valence-corrected chi connectivity index (χ3v) is 3.87. The molecule has 2 aromatic rings. The minimum atomic E-state index is 0.251. The smallest absolute Gasteiger partial charge is 0.0417 e. The lowest BCUT2D eigenvalue weighted by Gasteiger charge is -2.20. The minimum absolute atomic E-state index is 0.251. The minimum Gasteiger partial charge on any atom is -0.310 e. The Balaban J connectivity index is 2.24. The first-order valence-corrected chi connectivity index (χ1v) is 7.45. The van der Waals surface area contributed by atoms with Gasteiger partial charge in [0.15, 0.2) is 0 Å². The standard InChI is InChI=1S/C15H16BrClN2/c1-2-19-15(8-11-4-3-7-18-10-11)13-6-5-12(17)9-14(13)16/h3-7,9-10,15,19H,2,8H2,1H3. The zero-order valence-electron chi connectivity index (χ0n) is 10.7. The van der Waals surface area contributed by atoms with E-state index >= 15 is 0 Å². The summed E-state index contributed by atoms with van der Waals surface area (Å²) in [5.41, 5.74) is 2.44. The third kappa shape index (κ3) is 4.03. The summed E-state index contributed by atoms with van der Waals surface area (Å²) in [5.74, 6) is 0. The quantitative estimate of drug-likeness (QED) is 0.874. The van der Waals surface area contributed by atoms with Gasteiger partial charge in [-0.05, 0) is 42.3 Å². The van der Waals surface area contributed by atoms with Gasteiger partial charge >= 0.3 is 0 Å². The zero-order valence-corrected chi connectivity index (χ0v) is 13.1. The first-order chi connectivity index (χ1) is 9.20. The Morgan fingerprint density at radius 3 is 2.84 bits per heavy atom. The fraction of sp³-hybridized carbons (Fsp3) is 0.267. The van der Waals surface area contributed by atoms with E-state index in [9.17, 15) is 0 Å². The maximum absolute atomic E-state index is 6.00. The van der Waals surface area contributed by atoms with Crippen LogP contribution in [0.25, 0.3) is 0 Å². The number of pyridine rings is 1. The molecule has 100 valence electrons. The average molecular weight is 340 g/mol. The Morgan fingerprint density at radius 1 is 1.37 bits per heavy atom. The van der Waals surface area contributed by atoms with E-state index in [0.29, 0.717) is 0 Å². The Morgan fingerprint density at radius 2 is 2.21 bits per heavy atom. The Hall–Kier alpha value is -0.900. The molecule has 0 amide bonds. The maximum atomic E-state index is 6.00. The predicted octanol–water partition coefficient (Wildman–Crippen LogP) is 4.39. The molecule has 0 saturated carbocycles. The number of hydrogen-bond donors (Lipinski definition) is 1. The summed E-state index contributed by atoms with van der Waals surface area (Å²) in [4.78, 5) is 4.17. The molecular formula is C15H16BrClN2. The molecule has 2 rings (SSSR count). The van der Waals surface area contributed by atoms with E-state index in [1.807, 2.05) is 24.4 Å². The van der Waals surface area contributed by atoms with Gasteiger partial charge in [-0.25, -0.2) is 0 Å². The van der Waals surface area contributed by atoms with Crippen LogP contribution in [-0.2, 0) is 6.42 Å². The van der Waals surface area contributed by atoms with Crippen molar-refractivity contribution in [2.75, 3.05) is 6.54 Å². The Labute approximate surface area is 127 Å².